The highest BCUT2D eigenvalue weighted by Gasteiger charge is 2.17. The second-order valence-corrected chi connectivity index (χ2v) is 7.25. The first kappa shape index (κ1) is 19.3. The van der Waals surface area contributed by atoms with Gasteiger partial charge in [-0.1, -0.05) is 30.7 Å². The number of hydrogen-bond acceptors (Lipinski definition) is 5. The van der Waals surface area contributed by atoms with E-state index in [0.717, 1.165) is 6.42 Å². The van der Waals surface area contributed by atoms with Gasteiger partial charge in [-0.05, 0) is 19.4 Å². The van der Waals surface area contributed by atoms with E-state index in [9.17, 15) is 9.00 Å². The Bertz CT molecular complexity index is 948. The van der Waals surface area contributed by atoms with Gasteiger partial charge in [0.1, 0.15) is 0 Å². The molecule has 0 N–H and O–H groups in total. The highest BCUT2D eigenvalue weighted by atomic mass is 35.5. The Balaban J connectivity index is 2.88. The van der Waals surface area contributed by atoms with Crippen LogP contribution in [-0.2, 0) is 10.8 Å². The fraction of sp³-hybridized carbons (Fsp3) is 0.353. The molecule has 0 aliphatic rings. The fourth-order valence-electron chi connectivity index (χ4n) is 2.48. The van der Waals surface area contributed by atoms with Crippen molar-refractivity contribution in [2.45, 2.75) is 25.4 Å². The number of nitrogens with zero attached hydrogens (tertiary/aromatic N) is 4. The second-order valence-electron chi connectivity index (χ2n) is 5.57. The summed E-state index contributed by atoms with van der Waals surface area (Å²) in [4.78, 5) is 21.5. The Morgan fingerprint density at radius 2 is 2.12 bits per heavy atom. The Morgan fingerprint density at radius 3 is 2.64 bits per heavy atom. The zero-order chi connectivity index (χ0) is 18.7. The molecule has 1 unspecified atom stereocenters. The quantitative estimate of drug-likeness (QED) is 0.589. The van der Waals surface area contributed by atoms with Crippen LogP contribution in [0.1, 0.15) is 25.8 Å². The van der Waals surface area contributed by atoms with Crippen LogP contribution in [0.2, 0.25) is 0 Å². The average Bonchev–Trinajstić information content (AvgIpc) is 2.55. The lowest BCUT2D eigenvalue weighted by Gasteiger charge is -2.20. The Hall–Kier alpha value is -1.99. The van der Waals surface area contributed by atoms with Gasteiger partial charge in [-0.25, -0.2) is 14.6 Å². The highest BCUT2D eigenvalue weighted by molar-refractivity contribution is 7.84. The van der Waals surface area contributed by atoms with Crippen molar-refractivity contribution in [3.63, 3.8) is 0 Å². The molecule has 0 amide bonds. The first-order valence-electron chi connectivity index (χ1n) is 7.78. The predicted octanol–water partition coefficient (Wildman–Crippen LogP) is 2.66. The van der Waals surface area contributed by atoms with E-state index in [4.69, 9.17) is 11.6 Å². The molecule has 1 atom stereocenters. The van der Waals surface area contributed by atoms with Crippen molar-refractivity contribution in [3.05, 3.63) is 45.4 Å². The van der Waals surface area contributed by atoms with Crippen molar-refractivity contribution in [1.29, 1.82) is 0 Å². The van der Waals surface area contributed by atoms with Crippen LogP contribution >= 0.6 is 11.6 Å². The molecule has 0 aliphatic heterocycles. The van der Waals surface area contributed by atoms with Gasteiger partial charge in [-0.2, -0.15) is 0 Å². The molecule has 0 aliphatic carbocycles. The van der Waals surface area contributed by atoms with E-state index in [1.807, 2.05) is 26.0 Å². The number of allylic oxidation sites excluding steroid dienone is 4. The number of fused-ring (bicyclic) bond motifs is 1. The smallest absolute Gasteiger partial charge is 0.278 e. The lowest BCUT2D eigenvalue weighted by Crippen LogP contribution is -2.38. The molecule has 6 nitrogen and oxygen atoms in total. The summed E-state index contributed by atoms with van der Waals surface area (Å²) in [5, 5.41) is 3.01. The summed E-state index contributed by atoms with van der Waals surface area (Å²) in [6.07, 6.45) is 7.52. The lowest BCUT2D eigenvalue weighted by molar-refractivity contribution is 0.676. The normalized spacial score (nSPS) is 14.0. The first-order chi connectivity index (χ1) is 11.8. The van der Waals surface area contributed by atoms with Gasteiger partial charge in [0.05, 0.1) is 16.4 Å². The molecule has 0 spiro atoms. The minimum atomic E-state index is -1.34. The van der Waals surface area contributed by atoms with Crippen LogP contribution in [0.15, 0.2) is 39.4 Å². The molecule has 2 aromatic rings. The third-order valence-corrected chi connectivity index (χ3v) is 4.64. The number of halogens is 1. The highest BCUT2D eigenvalue weighted by Crippen LogP contribution is 2.26. The molecular weight excluding hydrogens is 360 g/mol. The van der Waals surface area contributed by atoms with Gasteiger partial charge in [0, 0.05) is 42.5 Å². The summed E-state index contributed by atoms with van der Waals surface area (Å²) in [7, 11) is 2.15. The van der Waals surface area contributed by atoms with E-state index in [1.165, 1.54) is 10.9 Å². The van der Waals surface area contributed by atoms with Gasteiger partial charge in [0.15, 0.2) is 5.65 Å². The van der Waals surface area contributed by atoms with Gasteiger partial charge in [0.2, 0.25) is 5.16 Å². The molecule has 0 saturated carbocycles. The van der Waals surface area contributed by atoms with E-state index >= 15 is 0 Å². The van der Waals surface area contributed by atoms with E-state index in [-0.39, 0.29) is 10.7 Å². The second kappa shape index (κ2) is 7.93. The first-order valence-corrected chi connectivity index (χ1v) is 9.71. The van der Waals surface area contributed by atoms with Gasteiger partial charge in [-0.3, -0.25) is 9.00 Å². The summed E-state index contributed by atoms with van der Waals surface area (Å²) in [5.74, 6) is 0. The topological polar surface area (TPSA) is 68.1 Å². The lowest BCUT2D eigenvalue weighted by atomic mass is 10.1. The van der Waals surface area contributed by atoms with Crippen LogP contribution in [0, 0.1) is 0 Å². The average molecular weight is 381 g/mol. The van der Waals surface area contributed by atoms with Crippen molar-refractivity contribution < 1.29 is 4.21 Å². The van der Waals surface area contributed by atoms with Crippen LogP contribution in [0.5, 0.6) is 0 Å². The number of aromatic nitrogens is 3. The Labute approximate surface area is 154 Å². The Kier molecular flexibility index (Phi) is 6.13. The van der Waals surface area contributed by atoms with Crippen molar-refractivity contribution in [2.24, 2.45) is 0 Å². The molecular formula is C17H21ClN4O2S. The van der Waals surface area contributed by atoms with Crippen LogP contribution in [-0.4, -0.2) is 39.2 Å². The standard InChI is InChI=1S/C17H21ClN4O2S/c1-6-8-14(18)12(7-2)13-9-11-10-19-17(25(5)24)20-15(11)22(16(13)23)21(3)4/h7-10H,6H2,1-5H3/b12-7-,14-8+. The molecule has 0 bridgehead atoms. The molecule has 0 saturated heterocycles. The number of rotatable bonds is 5. The third-order valence-electron chi connectivity index (χ3n) is 3.57. The largest absolute Gasteiger partial charge is 0.314 e. The number of hydrogen-bond donors (Lipinski definition) is 0. The molecule has 8 heteroatoms. The minimum Gasteiger partial charge on any atom is -0.314 e. The minimum absolute atomic E-state index is 0.186. The Morgan fingerprint density at radius 1 is 1.44 bits per heavy atom. The number of pyridine rings is 1. The zero-order valence-corrected chi connectivity index (χ0v) is 16.5. The molecule has 134 valence electrons. The zero-order valence-electron chi connectivity index (χ0n) is 14.9. The summed E-state index contributed by atoms with van der Waals surface area (Å²) >= 11 is 6.36. The van der Waals surface area contributed by atoms with Crippen molar-refractivity contribution >= 4 is 39.0 Å². The fourth-order valence-corrected chi connectivity index (χ4v) is 3.26. The van der Waals surface area contributed by atoms with Gasteiger partial charge in [-0.15, -0.1) is 0 Å². The van der Waals surface area contributed by atoms with Gasteiger partial charge in [0.25, 0.3) is 5.56 Å². The molecule has 2 heterocycles. The summed E-state index contributed by atoms with van der Waals surface area (Å²) in [5.41, 5.74) is 1.28. The predicted molar refractivity (Wildman–Crippen MR) is 104 cm³/mol. The SMILES string of the molecule is C/C=C(\C(Cl)=C/CC)c1cc2cnc(S(C)=O)nc2n(N(C)C)c1=O. The van der Waals surface area contributed by atoms with Crippen LogP contribution in [0.4, 0.5) is 0 Å². The maximum Gasteiger partial charge on any atom is 0.278 e. The summed E-state index contributed by atoms with van der Waals surface area (Å²) < 4.78 is 13.1. The maximum absolute atomic E-state index is 13.1. The van der Waals surface area contributed by atoms with Crippen molar-refractivity contribution in [2.75, 3.05) is 25.4 Å². The molecule has 2 aromatic heterocycles. The summed E-state index contributed by atoms with van der Waals surface area (Å²) in [6, 6.07) is 1.72. The van der Waals surface area contributed by atoms with Crippen molar-refractivity contribution in [3.8, 4) is 0 Å². The van der Waals surface area contributed by atoms with E-state index in [2.05, 4.69) is 9.97 Å². The molecule has 2 rings (SSSR count). The third kappa shape index (κ3) is 3.82. The maximum atomic E-state index is 13.1. The molecule has 0 fully saturated rings. The van der Waals surface area contributed by atoms with Crippen LogP contribution in [0.3, 0.4) is 0 Å². The van der Waals surface area contributed by atoms with Crippen LogP contribution < -0.4 is 10.6 Å². The van der Waals surface area contributed by atoms with Crippen LogP contribution in [0.25, 0.3) is 16.6 Å². The van der Waals surface area contributed by atoms with E-state index in [1.54, 1.807) is 31.4 Å². The van der Waals surface area contributed by atoms with Gasteiger partial charge >= 0.3 is 0 Å². The monoisotopic (exact) mass is 380 g/mol. The molecule has 0 radical (unpaired) electrons. The van der Waals surface area contributed by atoms with Gasteiger partial charge < -0.3 is 5.01 Å². The summed E-state index contributed by atoms with van der Waals surface area (Å²) in [6.45, 7) is 3.82. The molecule has 25 heavy (non-hydrogen) atoms. The van der Waals surface area contributed by atoms with Crippen molar-refractivity contribution in [1.82, 2.24) is 14.6 Å². The van der Waals surface area contributed by atoms with E-state index in [0.29, 0.717) is 27.2 Å². The van der Waals surface area contributed by atoms with E-state index < -0.39 is 10.8 Å². The molecule has 0 aromatic carbocycles.